The van der Waals surface area contributed by atoms with Crippen LogP contribution in [0.25, 0.3) is 0 Å². The Hall–Kier alpha value is -1.84. The molecule has 102 valence electrons. The lowest BCUT2D eigenvalue weighted by molar-refractivity contribution is -0.139. The van der Waals surface area contributed by atoms with Crippen LogP contribution >= 0.6 is 0 Å². The van der Waals surface area contributed by atoms with Crippen molar-refractivity contribution >= 4 is 11.9 Å². The Labute approximate surface area is 112 Å². The van der Waals surface area contributed by atoms with Crippen LogP contribution in [0.15, 0.2) is 24.3 Å². The van der Waals surface area contributed by atoms with Gasteiger partial charge in [0.1, 0.15) is 0 Å². The molecule has 1 aliphatic carbocycles. The fourth-order valence-electron chi connectivity index (χ4n) is 3.02. The number of hydrogen-bond acceptors (Lipinski definition) is 2. The Balaban J connectivity index is 2.37. The summed E-state index contributed by atoms with van der Waals surface area (Å²) >= 11 is 0. The van der Waals surface area contributed by atoms with E-state index in [1.165, 1.54) is 12.5 Å². The highest BCUT2D eigenvalue weighted by molar-refractivity contribution is 5.74. The SMILES string of the molecule is CC(=O)NCC1(CC(=O)O)CCCc2ccccc21. The number of fused-ring (bicyclic) bond motifs is 1. The van der Waals surface area contributed by atoms with E-state index >= 15 is 0 Å². The molecule has 0 fully saturated rings. The number of nitrogens with one attached hydrogen (secondary N) is 1. The summed E-state index contributed by atoms with van der Waals surface area (Å²) in [5, 5.41) is 12.0. The Bertz CT molecular complexity index is 498. The Morgan fingerprint density at radius 3 is 2.79 bits per heavy atom. The molecule has 0 spiro atoms. The first-order valence-electron chi connectivity index (χ1n) is 6.58. The van der Waals surface area contributed by atoms with Crippen molar-refractivity contribution in [3.8, 4) is 0 Å². The maximum absolute atomic E-state index is 11.2. The molecule has 0 bridgehead atoms. The molecule has 1 unspecified atom stereocenters. The molecular formula is C15H19NO3. The minimum absolute atomic E-state index is 0.0598. The Kier molecular flexibility index (Phi) is 3.88. The Morgan fingerprint density at radius 2 is 2.11 bits per heavy atom. The van der Waals surface area contributed by atoms with Crippen molar-refractivity contribution < 1.29 is 14.7 Å². The zero-order chi connectivity index (χ0) is 13.9. The van der Waals surface area contributed by atoms with Gasteiger partial charge in [0.15, 0.2) is 0 Å². The number of rotatable bonds is 4. The average molecular weight is 261 g/mol. The van der Waals surface area contributed by atoms with Crippen LogP contribution in [0.4, 0.5) is 0 Å². The Morgan fingerprint density at radius 1 is 1.37 bits per heavy atom. The van der Waals surface area contributed by atoms with Crippen LogP contribution in [0.3, 0.4) is 0 Å². The summed E-state index contributed by atoms with van der Waals surface area (Å²) in [5.74, 6) is -0.935. The fourth-order valence-corrected chi connectivity index (χ4v) is 3.02. The molecule has 1 aromatic carbocycles. The van der Waals surface area contributed by atoms with E-state index in [2.05, 4.69) is 11.4 Å². The van der Waals surface area contributed by atoms with E-state index in [1.54, 1.807) is 0 Å². The summed E-state index contributed by atoms with van der Waals surface area (Å²) in [4.78, 5) is 22.4. The van der Waals surface area contributed by atoms with Gasteiger partial charge in [0.25, 0.3) is 0 Å². The molecule has 2 rings (SSSR count). The minimum atomic E-state index is -0.818. The normalized spacial score (nSPS) is 21.5. The minimum Gasteiger partial charge on any atom is -0.481 e. The van der Waals surface area contributed by atoms with Gasteiger partial charge in [-0.2, -0.15) is 0 Å². The van der Waals surface area contributed by atoms with Crippen LogP contribution in [-0.2, 0) is 21.4 Å². The molecule has 1 atom stereocenters. The van der Waals surface area contributed by atoms with Gasteiger partial charge in [-0.25, -0.2) is 0 Å². The van der Waals surface area contributed by atoms with Crippen LogP contribution in [0.5, 0.6) is 0 Å². The number of hydrogen-bond donors (Lipinski definition) is 2. The van der Waals surface area contributed by atoms with Crippen molar-refractivity contribution in [3.63, 3.8) is 0 Å². The molecule has 0 saturated carbocycles. The molecule has 0 aromatic heterocycles. The highest BCUT2D eigenvalue weighted by atomic mass is 16.4. The number of aliphatic carboxylic acids is 1. The first kappa shape index (κ1) is 13.6. The van der Waals surface area contributed by atoms with E-state index in [0.717, 1.165) is 24.8 Å². The van der Waals surface area contributed by atoms with Gasteiger partial charge in [0.05, 0.1) is 6.42 Å². The van der Waals surface area contributed by atoms with Gasteiger partial charge in [-0.15, -0.1) is 0 Å². The van der Waals surface area contributed by atoms with E-state index in [-0.39, 0.29) is 12.3 Å². The third-order valence-electron chi connectivity index (χ3n) is 3.86. The number of aryl methyl sites for hydroxylation is 1. The van der Waals surface area contributed by atoms with Crippen molar-refractivity contribution in [1.29, 1.82) is 0 Å². The summed E-state index contributed by atoms with van der Waals surface area (Å²) in [5.41, 5.74) is 1.82. The zero-order valence-electron chi connectivity index (χ0n) is 11.1. The largest absolute Gasteiger partial charge is 0.481 e. The van der Waals surface area contributed by atoms with E-state index < -0.39 is 11.4 Å². The van der Waals surface area contributed by atoms with Crippen LogP contribution in [0.1, 0.15) is 37.3 Å². The summed E-state index contributed by atoms with van der Waals surface area (Å²) in [6, 6.07) is 7.97. The smallest absolute Gasteiger partial charge is 0.304 e. The molecule has 1 aromatic rings. The van der Waals surface area contributed by atoms with Crippen molar-refractivity contribution in [3.05, 3.63) is 35.4 Å². The quantitative estimate of drug-likeness (QED) is 0.869. The number of carbonyl (C=O) groups is 2. The molecule has 4 heteroatoms. The van der Waals surface area contributed by atoms with Crippen LogP contribution in [-0.4, -0.2) is 23.5 Å². The lowest BCUT2D eigenvalue weighted by Crippen LogP contribution is -2.44. The third kappa shape index (κ3) is 2.95. The average Bonchev–Trinajstić information content (AvgIpc) is 2.36. The first-order valence-corrected chi connectivity index (χ1v) is 6.58. The van der Waals surface area contributed by atoms with Gasteiger partial charge in [-0.1, -0.05) is 24.3 Å². The van der Waals surface area contributed by atoms with Gasteiger partial charge >= 0.3 is 5.97 Å². The molecular weight excluding hydrogens is 242 g/mol. The highest BCUT2D eigenvalue weighted by Gasteiger charge is 2.38. The maximum Gasteiger partial charge on any atom is 0.304 e. The summed E-state index contributed by atoms with van der Waals surface area (Å²) in [7, 11) is 0. The van der Waals surface area contributed by atoms with Crippen molar-refractivity contribution in [2.45, 2.75) is 38.0 Å². The second-order valence-electron chi connectivity index (χ2n) is 5.27. The number of carboxylic acid groups (broad SMARTS) is 1. The number of carboxylic acids is 1. The topological polar surface area (TPSA) is 66.4 Å². The molecule has 0 saturated heterocycles. The molecule has 2 N–H and O–H groups in total. The lowest BCUT2D eigenvalue weighted by Gasteiger charge is -2.38. The third-order valence-corrected chi connectivity index (χ3v) is 3.86. The summed E-state index contributed by atoms with van der Waals surface area (Å²) in [6.45, 7) is 1.86. The first-order chi connectivity index (χ1) is 9.03. The van der Waals surface area contributed by atoms with Gasteiger partial charge in [-0.3, -0.25) is 9.59 Å². The van der Waals surface area contributed by atoms with Gasteiger partial charge in [0.2, 0.25) is 5.91 Å². The second-order valence-corrected chi connectivity index (χ2v) is 5.27. The molecule has 0 aliphatic heterocycles. The molecule has 19 heavy (non-hydrogen) atoms. The molecule has 4 nitrogen and oxygen atoms in total. The van der Waals surface area contributed by atoms with E-state index in [9.17, 15) is 14.7 Å². The molecule has 0 heterocycles. The van der Waals surface area contributed by atoms with Gasteiger partial charge < -0.3 is 10.4 Å². The van der Waals surface area contributed by atoms with Crippen LogP contribution in [0, 0.1) is 0 Å². The molecule has 1 aliphatic rings. The van der Waals surface area contributed by atoms with Gasteiger partial charge in [0, 0.05) is 18.9 Å². The number of carbonyl (C=O) groups excluding carboxylic acids is 1. The summed E-state index contributed by atoms with van der Waals surface area (Å²) in [6.07, 6.45) is 2.81. The van der Waals surface area contributed by atoms with E-state index in [0.29, 0.717) is 6.54 Å². The molecule has 0 radical (unpaired) electrons. The summed E-state index contributed by atoms with van der Waals surface area (Å²) < 4.78 is 0. The molecule has 1 amide bonds. The number of benzene rings is 1. The van der Waals surface area contributed by atoms with E-state index in [4.69, 9.17) is 0 Å². The maximum atomic E-state index is 11.2. The standard InChI is InChI=1S/C15H19NO3/c1-11(17)16-10-15(9-14(18)19)8-4-6-12-5-2-3-7-13(12)15/h2-3,5,7H,4,6,8-10H2,1H3,(H,16,17)(H,18,19). The van der Waals surface area contributed by atoms with Crippen molar-refractivity contribution in [2.75, 3.05) is 6.54 Å². The van der Waals surface area contributed by atoms with Crippen LogP contribution in [0.2, 0.25) is 0 Å². The highest BCUT2D eigenvalue weighted by Crippen LogP contribution is 2.39. The van der Waals surface area contributed by atoms with Crippen molar-refractivity contribution in [2.24, 2.45) is 0 Å². The monoisotopic (exact) mass is 261 g/mol. The van der Waals surface area contributed by atoms with E-state index in [1.807, 2.05) is 18.2 Å². The second kappa shape index (κ2) is 5.43. The predicted octanol–water partition coefficient (Wildman–Crippen LogP) is 1.87. The lowest BCUT2D eigenvalue weighted by atomic mass is 9.68. The fraction of sp³-hybridized carbons (Fsp3) is 0.467. The number of amides is 1. The predicted molar refractivity (Wildman–Crippen MR) is 72.0 cm³/mol. The van der Waals surface area contributed by atoms with Crippen molar-refractivity contribution in [1.82, 2.24) is 5.32 Å². The zero-order valence-corrected chi connectivity index (χ0v) is 11.1. The van der Waals surface area contributed by atoms with Gasteiger partial charge in [-0.05, 0) is 30.4 Å². The van der Waals surface area contributed by atoms with Crippen LogP contribution < -0.4 is 5.32 Å².